The van der Waals surface area contributed by atoms with Crippen molar-refractivity contribution in [1.29, 1.82) is 0 Å². The highest BCUT2D eigenvalue weighted by atomic mass is 79.9. The van der Waals surface area contributed by atoms with Crippen molar-refractivity contribution in [1.82, 2.24) is 0 Å². The lowest BCUT2D eigenvalue weighted by atomic mass is 9.93. The number of rotatable bonds is 5. The van der Waals surface area contributed by atoms with Gasteiger partial charge >= 0.3 is 0 Å². The Bertz CT molecular complexity index is 688. The number of primary amides is 1. The molecule has 128 valence electrons. The van der Waals surface area contributed by atoms with Crippen LogP contribution in [0.25, 0.3) is 0 Å². The van der Waals surface area contributed by atoms with E-state index in [-0.39, 0.29) is 16.7 Å². The highest BCUT2D eigenvalue weighted by Crippen LogP contribution is 2.35. The standard InChI is InChI=1S/C14H19BrFN3O3S/c15-11-6-10(23(18,21)22)7-12(16)14(11)19-5-1-2-9(8-19)3-4-13(17)20/h6-7,9H,1-5,8H2,(H2,17,20)(H2,18,21,22). The number of primary sulfonamides is 1. The predicted octanol–water partition coefficient (Wildman–Crippen LogP) is 1.72. The van der Waals surface area contributed by atoms with E-state index in [2.05, 4.69) is 15.9 Å². The lowest BCUT2D eigenvalue weighted by Crippen LogP contribution is -2.36. The number of nitrogens with two attached hydrogens (primary N) is 2. The molecule has 1 aliphatic heterocycles. The highest BCUT2D eigenvalue weighted by molar-refractivity contribution is 9.10. The van der Waals surface area contributed by atoms with Crippen molar-refractivity contribution in [3.63, 3.8) is 0 Å². The van der Waals surface area contributed by atoms with Crippen LogP contribution < -0.4 is 15.8 Å². The van der Waals surface area contributed by atoms with Crippen molar-refractivity contribution in [2.24, 2.45) is 16.8 Å². The van der Waals surface area contributed by atoms with Crippen LogP contribution in [-0.4, -0.2) is 27.4 Å². The first-order chi connectivity index (χ1) is 10.7. The van der Waals surface area contributed by atoms with Gasteiger partial charge in [0, 0.05) is 24.0 Å². The van der Waals surface area contributed by atoms with Gasteiger partial charge in [-0.3, -0.25) is 4.79 Å². The molecular weight excluding hydrogens is 389 g/mol. The van der Waals surface area contributed by atoms with Crippen LogP contribution >= 0.6 is 15.9 Å². The quantitative estimate of drug-likeness (QED) is 0.774. The van der Waals surface area contributed by atoms with Crippen LogP contribution in [0.5, 0.6) is 0 Å². The fourth-order valence-corrected chi connectivity index (χ4v) is 4.25. The third-order valence-electron chi connectivity index (χ3n) is 3.95. The van der Waals surface area contributed by atoms with Crippen LogP contribution in [0.3, 0.4) is 0 Å². The minimum absolute atomic E-state index is 0.250. The maximum Gasteiger partial charge on any atom is 0.238 e. The second kappa shape index (κ2) is 7.14. The van der Waals surface area contributed by atoms with Crippen LogP contribution in [0.1, 0.15) is 25.7 Å². The number of anilines is 1. The van der Waals surface area contributed by atoms with Crippen molar-refractivity contribution in [2.75, 3.05) is 18.0 Å². The summed E-state index contributed by atoms with van der Waals surface area (Å²) in [6, 6.07) is 2.24. The molecule has 0 aliphatic carbocycles. The number of nitrogens with zero attached hydrogens (tertiary/aromatic N) is 1. The average molecular weight is 408 g/mol. The Morgan fingerprint density at radius 2 is 2.13 bits per heavy atom. The maximum atomic E-state index is 14.4. The predicted molar refractivity (Wildman–Crippen MR) is 88.8 cm³/mol. The molecule has 1 aromatic carbocycles. The Kier molecular flexibility index (Phi) is 5.64. The van der Waals surface area contributed by atoms with Gasteiger partial charge in [0.2, 0.25) is 15.9 Å². The Balaban J connectivity index is 2.22. The van der Waals surface area contributed by atoms with Crippen LogP contribution in [0, 0.1) is 11.7 Å². The van der Waals surface area contributed by atoms with E-state index < -0.39 is 15.8 Å². The zero-order valence-corrected chi connectivity index (χ0v) is 14.9. The summed E-state index contributed by atoms with van der Waals surface area (Å²) in [6.07, 6.45) is 2.80. The molecule has 4 N–H and O–H groups in total. The van der Waals surface area contributed by atoms with Crippen LogP contribution in [0.4, 0.5) is 10.1 Å². The number of sulfonamides is 1. The molecule has 1 unspecified atom stereocenters. The summed E-state index contributed by atoms with van der Waals surface area (Å²) in [4.78, 5) is 12.5. The Morgan fingerprint density at radius 1 is 1.43 bits per heavy atom. The number of amides is 1. The molecule has 1 aliphatic rings. The van der Waals surface area contributed by atoms with Crippen molar-refractivity contribution < 1.29 is 17.6 Å². The van der Waals surface area contributed by atoms with Gasteiger partial charge in [-0.2, -0.15) is 0 Å². The Morgan fingerprint density at radius 3 is 2.70 bits per heavy atom. The number of halogens is 2. The molecule has 1 fully saturated rings. The van der Waals surface area contributed by atoms with Gasteiger partial charge in [0.25, 0.3) is 0 Å². The molecule has 23 heavy (non-hydrogen) atoms. The van der Waals surface area contributed by atoms with Crippen LogP contribution in [-0.2, 0) is 14.8 Å². The summed E-state index contributed by atoms with van der Waals surface area (Å²) in [6.45, 7) is 1.26. The molecule has 1 heterocycles. The molecule has 0 radical (unpaired) electrons. The van der Waals surface area contributed by atoms with Crippen LogP contribution in [0.15, 0.2) is 21.5 Å². The SMILES string of the molecule is NC(=O)CCC1CCCN(c2c(F)cc(S(N)(=O)=O)cc2Br)C1. The number of hydrogen-bond donors (Lipinski definition) is 2. The molecule has 1 amide bonds. The number of hydrogen-bond acceptors (Lipinski definition) is 4. The van der Waals surface area contributed by atoms with Gasteiger partial charge in [-0.1, -0.05) is 0 Å². The smallest absolute Gasteiger partial charge is 0.238 e. The minimum Gasteiger partial charge on any atom is -0.370 e. The number of carbonyl (C=O) groups excluding carboxylic acids is 1. The van der Waals surface area contributed by atoms with Crippen molar-refractivity contribution >= 4 is 37.5 Å². The maximum absolute atomic E-state index is 14.4. The monoisotopic (exact) mass is 407 g/mol. The van der Waals surface area contributed by atoms with Gasteiger partial charge in [-0.15, -0.1) is 0 Å². The highest BCUT2D eigenvalue weighted by Gasteiger charge is 2.25. The third kappa shape index (κ3) is 4.65. The summed E-state index contributed by atoms with van der Waals surface area (Å²) in [7, 11) is -3.96. The van der Waals surface area contributed by atoms with Gasteiger partial charge in [0.05, 0.1) is 10.6 Å². The van der Waals surface area contributed by atoms with E-state index in [0.29, 0.717) is 36.1 Å². The molecule has 1 aromatic rings. The first-order valence-corrected chi connectivity index (χ1v) is 9.57. The number of carbonyl (C=O) groups is 1. The van der Waals surface area contributed by atoms with E-state index in [1.807, 2.05) is 4.90 Å². The Labute approximate surface area is 143 Å². The molecule has 0 spiro atoms. The molecule has 0 saturated carbocycles. The van der Waals surface area contributed by atoms with E-state index in [9.17, 15) is 17.6 Å². The molecule has 9 heteroatoms. The topological polar surface area (TPSA) is 106 Å². The average Bonchev–Trinajstić information content (AvgIpc) is 2.44. The van der Waals surface area contributed by atoms with Crippen molar-refractivity contribution in [3.8, 4) is 0 Å². The molecule has 0 bridgehead atoms. The minimum atomic E-state index is -3.96. The lowest BCUT2D eigenvalue weighted by Gasteiger charge is -2.35. The largest absolute Gasteiger partial charge is 0.370 e. The van der Waals surface area contributed by atoms with Gasteiger partial charge in [0.15, 0.2) is 0 Å². The Hall–Kier alpha value is -1.19. The van der Waals surface area contributed by atoms with Gasteiger partial charge in [-0.05, 0) is 53.2 Å². The summed E-state index contributed by atoms with van der Waals surface area (Å²) < 4.78 is 37.5. The summed E-state index contributed by atoms with van der Waals surface area (Å²) in [5.41, 5.74) is 5.49. The normalized spacial score (nSPS) is 18.9. The lowest BCUT2D eigenvalue weighted by molar-refractivity contribution is -0.118. The molecular formula is C14H19BrFN3O3S. The zero-order chi connectivity index (χ0) is 17.2. The second-order valence-corrected chi connectivity index (χ2v) is 8.16. The number of piperidine rings is 1. The molecule has 6 nitrogen and oxygen atoms in total. The molecule has 2 rings (SSSR count). The first-order valence-electron chi connectivity index (χ1n) is 7.23. The van der Waals surface area contributed by atoms with Gasteiger partial charge < -0.3 is 10.6 Å². The summed E-state index contributed by atoms with van der Waals surface area (Å²) >= 11 is 3.23. The third-order valence-corrected chi connectivity index (χ3v) is 5.45. The second-order valence-electron chi connectivity index (χ2n) is 5.74. The van der Waals surface area contributed by atoms with E-state index >= 15 is 0 Å². The molecule has 1 saturated heterocycles. The fraction of sp³-hybridized carbons (Fsp3) is 0.500. The van der Waals surface area contributed by atoms with Gasteiger partial charge in [-0.25, -0.2) is 17.9 Å². The van der Waals surface area contributed by atoms with E-state index in [0.717, 1.165) is 18.9 Å². The molecule has 0 aromatic heterocycles. The number of benzene rings is 1. The van der Waals surface area contributed by atoms with Gasteiger partial charge in [0.1, 0.15) is 5.82 Å². The van der Waals surface area contributed by atoms with Crippen molar-refractivity contribution in [3.05, 3.63) is 22.4 Å². The van der Waals surface area contributed by atoms with Crippen molar-refractivity contribution in [2.45, 2.75) is 30.6 Å². The summed E-state index contributed by atoms with van der Waals surface area (Å²) in [5, 5.41) is 5.04. The van der Waals surface area contributed by atoms with E-state index in [1.54, 1.807) is 0 Å². The van der Waals surface area contributed by atoms with E-state index in [1.165, 1.54) is 6.07 Å². The van der Waals surface area contributed by atoms with E-state index in [4.69, 9.17) is 10.9 Å². The summed E-state index contributed by atoms with van der Waals surface area (Å²) in [5.74, 6) is -0.730. The van der Waals surface area contributed by atoms with Crippen LogP contribution in [0.2, 0.25) is 0 Å². The fourth-order valence-electron chi connectivity index (χ4n) is 2.86. The first kappa shape index (κ1) is 18.2. The zero-order valence-electron chi connectivity index (χ0n) is 12.5. The molecule has 1 atom stereocenters.